The van der Waals surface area contributed by atoms with Crippen molar-refractivity contribution in [3.05, 3.63) is 140 Å². The van der Waals surface area contributed by atoms with Gasteiger partial charge in [-0.1, -0.05) is 53.9 Å². The molecular weight excluding hydrogens is 1800 g/mol. The number of anilines is 2. The van der Waals surface area contributed by atoms with E-state index in [9.17, 15) is 65.2 Å². The SMILES string of the molecule is COc1ccc2c(O[C@@H]3C[C@H]4C(=O)C[C@]5(P(=O)(O)Cc6c(F)cccc6F)C[C@H]5CCOC/C=C/C[C@H](CC(=O)OC5CCCC5)C(=O)N4C3)cc(-c3csc(NC(C)C)n3)nc2c1Cl.COc1ccc2c(O[C@@H]3C[C@H]4C(=O)C[C@]5(P(=O)(O)Cc6c(F)cccc6F)C[C@H]5CCOCCCC[C@H](CC(=O)OC5CCCC5)C(=O)N4C3)cc(-c3csc(NC(C)C)n3)nc2c1Cl. The molecule has 4 aromatic carbocycles. The molecule has 8 aliphatic rings. The smallest absolute Gasteiger partial charge is 0.306 e. The van der Waals surface area contributed by atoms with Gasteiger partial charge in [0.25, 0.3) is 0 Å². The Bertz CT molecular complexity index is 5630. The van der Waals surface area contributed by atoms with Crippen LogP contribution in [0.15, 0.2) is 95.7 Å². The van der Waals surface area contributed by atoms with Crippen LogP contribution in [0.3, 0.4) is 0 Å². The molecule has 36 heteroatoms. The summed E-state index contributed by atoms with van der Waals surface area (Å²) in [5.41, 5.74) is 1.79. The summed E-state index contributed by atoms with van der Waals surface area (Å²) < 4.78 is 137. The average molecular weight is 1910 g/mol. The predicted octanol–water partition coefficient (Wildman–Crippen LogP) is 19.3. The number of Topliss-reactive ketones (excluding diaryl/α,β-unsaturated/α-hetero) is 2. The molecule has 0 radical (unpaired) electrons. The normalized spacial score (nSPS) is 25.5. The summed E-state index contributed by atoms with van der Waals surface area (Å²) in [6.07, 6.45) is 8.34. The number of methoxy groups -OCH3 is 2. The number of thiazole rings is 2. The molecule has 4 aromatic heterocycles. The fourth-order valence-corrected chi connectivity index (χ4v) is 26.9. The maximum absolute atomic E-state index is 15.0. The fraction of sp³-hybridized carbons (Fsp3) is 0.532. The van der Waals surface area contributed by atoms with Crippen LogP contribution in [0.5, 0.6) is 23.0 Å². The van der Waals surface area contributed by atoms with Crippen molar-refractivity contribution < 1.29 is 103 Å². The molecule has 0 bridgehead atoms. The van der Waals surface area contributed by atoms with E-state index in [0.29, 0.717) is 117 Å². The van der Waals surface area contributed by atoms with E-state index in [1.807, 2.05) is 38.5 Å². The highest BCUT2D eigenvalue weighted by molar-refractivity contribution is 7.59. The van der Waals surface area contributed by atoms with Gasteiger partial charge in [-0.15, -0.1) is 22.7 Å². The maximum atomic E-state index is 15.0. The maximum Gasteiger partial charge on any atom is 0.306 e. The van der Waals surface area contributed by atoms with Gasteiger partial charge in [-0.3, -0.25) is 37.9 Å². The van der Waals surface area contributed by atoms with Crippen LogP contribution in [0.2, 0.25) is 10.0 Å². The summed E-state index contributed by atoms with van der Waals surface area (Å²) in [4.78, 5) is 132. The Kier molecular flexibility index (Phi) is 30.6. The van der Waals surface area contributed by atoms with Crippen molar-refractivity contribution in [2.75, 3.05) is 64.4 Å². The molecule has 130 heavy (non-hydrogen) atoms. The number of hydrogen-bond acceptors (Lipinski definition) is 24. The Morgan fingerprint density at radius 3 is 1.40 bits per heavy atom. The van der Waals surface area contributed by atoms with Gasteiger partial charge in [0.15, 0.2) is 21.8 Å². The van der Waals surface area contributed by atoms with Crippen LogP contribution in [-0.2, 0) is 69.2 Å². The van der Waals surface area contributed by atoms with Crippen LogP contribution in [-0.4, -0.2) is 187 Å². The first-order chi connectivity index (χ1) is 62.3. The molecule has 4 aliphatic carbocycles. The van der Waals surface area contributed by atoms with Gasteiger partial charge in [0.1, 0.15) is 92.1 Å². The fourth-order valence-electron chi connectivity index (χ4n) is 19.3. The first-order valence-corrected chi connectivity index (χ1v) is 51.0. The molecule has 2 amide bonds. The number of carbonyl (C=O) groups is 6. The lowest BCUT2D eigenvalue weighted by Gasteiger charge is -2.30. The van der Waals surface area contributed by atoms with Gasteiger partial charge in [-0.05, 0) is 184 Å². The lowest BCUT2D eigenvalue weighted by Crippen LogP contribution is -2.45. The third kappa shape index (κ3) is 21.7. The second-order valence-electron chi connectivity index (χ2n) is 36.1. The van der Waals surface area contributed by atoms with Gasteiger partial charge in [-0.2, -0.15) is 0 Å². The van der Waals surface area contributed by atoms with Crippen LogP contribution in [0.1, 0.15) is 180 Å². The zero-order valence-corrected chi connectivity index (χ0v) is 78.4. The number of nitrogens with zero attached hydrogens (tertiary/aromatic N) is 6. The Labute approximate surface area is 770 Å². The summed E-state index contributed by atoms with van der Waals surface area (Å²) in [5.74, 6) is -7.76. The van der Waals surface area contributed by atoms with E-state index in [1.54, 1.807) is 48.6 Å². The number of carbonyl (C=O) groups excluding carboxylic acids is 6. The van der Waals surface area contributed by atoms with E-state index in [-0.39, 0.29) is 112 Å². The monoisotopic (exact) mass is 1910 g/mol. The number of halogens is 6. The van der Waals surface area contributed by atoms with Gasteiger partial charge in [-0.25, -0.2) is 37.5 Å². The molecule has 4 N–H and O–H groups in total. The number of nitrogens with one attached hydrogen (secondary N) is 2. The second kappa shape index (κ2) is 41.4. The number of esters is 2. The largest absolute Gasteiger partial charge is 0.495 e. The zero-order chi connectivity index (χ0) is 92.1. The number of ketones is 2. The summed E-state index contributed by atoms with van der Waals surface area (Å²) >= 11 is 16.6. The molecule has 8 heterocycles. The first-order valence-electron chi connectivity index (χ1n) is 44.8. The molecule has 16 rings (SSSR count). The van der Waals surface area contributed by atoms with Gasteiger partial charge in [0, 0.05) is 108 Å². The van der Waals surface area contributed by atoms with Crippen molar-refractivity contribution in [2.24, 2.45) is 23.7 Å². The van der Waals surface area contributed by atoms with Crippen molar-refractivity contribution in [2.45, 2.75) is 240 Å². The Morgan fingerprint density at radius 2 is 0.962 bits per heavy atom. The Balaban J connectivity index is 0.000000199. The zero-order valence-electron chi connectivity index (χ0n) is 73.5. The molecular formula is C94H110Cl2F4N8O18P2S2. The molecule has 2 unspecified atom stereocenters. The van der Waals surface area contributed by atoms with Gasteiger partial charge < -0.3 is 68.1 Å². The van der Waals surface area contributed by atoms with Gasteiger partial charge in [0.05, 0.1) is 110 Å². The van der Waals surface area contributed by atoms with Crippen molar-refractivity contribution in [3.63, 3.8) is 0 Å². The van der Waals surface area contributed by atoms with Crippen LogP contribution in [0, 0.1) is 46.9 Å². The van der Waals surface area contributed by atoms with E-state index in [4.69, 9.17) is 81.0 Å². The second-order valence-corrected chi connectivity index (χ2v) is 43.8. The molecule has 0 spiro atoms. The number of benzene rings is 4. The molecule has 698 valence electrons. The highest BCUT2D eigenvalue weighted by Gasteiger charge is 2.68. The number of hydrogen-bond donors (Lipinski definition) is 4. The van der Waals surface area contributed by atoms with E-state index in [0.717, 1.165) is 75.6 Å². The minimum atomic E-state index is -4.51. The van der Waals surface area contributed by atoms with Gasteiger partial charge >= 0.3 is 11.9 Å². The number of pyridine rings is 2. The van der Waals surface area contributed by atoms with Crippen LogP contribution in [0.4, 0.5) is 27.8 Å². The molecule has 3 saturated heterocycles. The van der Waals surface area contributed by atoms with Crippen molar-refractivity contribution in [1.82, 2.24) is 29.7 Å². The summed E-state index contributed by atoms with van der Waals surface area (Å²) in [7, 11) is -5.99. The Morgan fingerprint density at radius 1 is 0.538 bits per heavy atom. The van der Waals surface area contributed by atoms with E-state index in [1.165, 1.54) is 58.8 Å². The number of aromatic nitrogens is 4. The topological polar surface area (TPSA) is 333 Å². The average Bonchev–Trinajstić information content (AvgIpc) is 1.55. The van der Waals surface area contributed by atoms with Gasteiger partial charge in [0.2, 0.25) is 26.6 Å². The van der Waals surface area contributed by atoms with Crippen LogP contribution < -0.4 is 29.6 Å². The number of rotatable bonds is 24. The lowest BCUT2D eigenvalue weighted by molar-refractivity contribution is -0.154. The minimum Gasteiger partial charge on any atom is -0.495 e. The van der Waals surface area contributed by atoms with Crippen molar-refractivity contribution in [1.29, 1.82) is 0 Å². The third-order valence-electron chi connectivity index (χ3n) is 26.4. The quantitative estimate of drug-likeness (QED) is 0.0189. The Hall–Kier alpha value is -8.68. The summed E-state index contributed by atoms with van der Waals surface area (Å²) in [5, 5.41) is 10.3. The van der Waals surface area contributed by atoms with E-state index < -0.39 is 168 Å². The molecule has 7 fully saturated rings. The highest BCUT2D eigenvalue weighted by Crippen LogP contribution is 2.76. The van der Waals surface area contributed by atoms with Crippen LogP contribution in [0.25, 0.3) is 44.6 Å². The van der Waals surface area contributed by atoms with Crippen LogP contribution >= 0.6 is 60.6 Å². The molecule has 4 aliphatic heterocycles. The first kappa shape index (κ1) is 95.9. The van der Waals surface area contributed by atoms with Crippen molar-refractivity contribution in [3.8, 4) is 45.8 Å². The number of allylic oxidation sites excluding steroid dienone is 1. The highest BCUT2D eigenvalue weighted by atomic mass is 35.5. The lowest BCUT2D eigenvalue weighted by atomic mass is 9.95. The molecule has 12 atom stereocenters. The summed E-state index contributed by atoms with van der Waals surface area (Å²) in [6, 6.07) is 15.0. The number of fused-ring (bicyclic) bond motifs is 6. The van der Waals surface area contributed by atoms with E-state index >= 15 is 0 Å². The summed E-state index contributed by atoms with van der Waals surface area (Å²) in [6.45, 7) is 8.93. The standard InChI is InChI=1S/C47H56ClF2N4O9PS.C47H54ClF2N4O9PS/c2*1-27(2)51-46-53-37(26-65-46)36-21-41(32-14-15-40(60-3)43(48)44(32)52-36)62-31-20-38-39(55)23-47(64(58,59)25-33-34(49)12-8-13-35(33)50)22-29(47)16-18-61-17-7-6-9-28(45(57)54(38)24-31)19-42(56)63-30-10-4-5-11-30/h8,12-15,21,26-31,38H,4-7,9-11,16-20,22-25H2,1-3H3,(H,51,53)(H,58,59);6-8,12-15,21,26-31,38H,4-5,9-11,16-20,22-25H2,1-3H3,(H,51,53)(H,58,59)/b;7-6+/t2*28-,29-,31-,38+,47-/m11/s1. The minimum absolute atomic E-state index is 0.00335. The number of amides is 2. The third-order valence-corrected chi connectivity index (χ3v) is 34.3. The van der Waals surface area contributed by atoms with Crippen molar-refractivity contribution >= 4 is 128 Å². The predicted molar refractivity (Wildman–Crippen MR) is 488 cm³/mol. The van der Waals surface area contributed by atoms with E-state index in [2.05, 4.69) is 10.6 Å². The molecule has 4 saturated carbocycles. The molecule has 8 aromatic rings. The molecule has 26 nitrogen and oxygen atoms in total. The number of ether oxygens (including phenoxy) is 8.